The molecule has 0 heterocycles. The molecule has 19 heavy (non-hydrogen) atoms. The molecule has 106 valence electrons. The third-order valence-corrected chi connectivity index (χ3v) is 4.31. The molecule has 2 heteroatoms. The molecule has 0 aliphatic heterocycles. The third-order valence-electron chi connectivity index (χ3n) is 4.31. The lowest BCUT2D eigenvalue weighted by Gasteiger charge is -2.24. The van der Waals surface area contributed by atoms with Gasteiger partial charge in [-0.3, -0.25) is 0 Å². The molecule has 1 aliphatic carbocycles. The van der Waals surface area contributed by atoms with Crippen molar-refractivity contribution in [3.05, 3.63) is 29.8 Å². The van der Waals surface area contributed by atoms with Crippen molar-refractivity contribution in [3.8, 4) is 0 Å². The molecule has 1 saturated carbocycles. The Morgan fingerprint density at radius 1 is 1.11 bits per heavy atom. The summed E-state index contributed by atoms with van der Waals surface area (Å²) in [5.41, 5.74) is 8.63. The normalized spacial score (nSPS) is 17.4. The zero-order valence-electron chi connectivity index (χ0n) is 12.4. The Morgan fingerprint density at radius 2 is 1.74 bits per heavy atom. The number of hydrogen-bond acceptors (Lipinski definition) is 2. The lowest BCUT2D eigenvalue weighted by Crippen LogP contribution is -2.31. The number of nitrogens with one attached hydrogen (secondary N) is 1. The molecular formula is C17H28N2. The summed E-state index contributed by atoms with van der Waals surface area (Å²) in [5.74, 6) is 0.795. The monoisotopic (exact) mass is 260 g/mol. The Morgan fingerprint density at radius 3 is 2.32 bits per heavy atom. The minimum atomic E-state index is 0.155. The van der Waals surface area contributed by atoms with Gasteiger partial charge in [0.05, 0.1) is 0 Å². The number of anilines is 1. The van der Waals surface area contributed by atoms with Crippen LogP contribution in [0.2, 0.25) is 0 Å². The van der Waals surface area contributed by atoms with Crippen LogP contribution >= 0.6 is 0 Å². The van der Waals surface area contributed by atoms with Crippen molar-refractivity contribution in [2.75, 3.05) is 18.4 Å². The van der Waals surface area contributed by atoms with Crippen LogP contribution < -0.4 is 11.1 Å². The van der Waals surface area contributed by atoms with Gasteiger partial charge in [-0.25, -0.2) is 0 Å². The van der Waals surface area contributed by atoms with Crippen LogP contribution in [0.15, 0.2) is 24.3 Å². The molecule has 2 rings (SSSR count). The van der Waals surface area contributed by atoms with E-state index in [0.29, 0.717) is 6.54 Å². The first kappa shape index (κ1) is 14.4. The van der Waals surface area contributed by atoms with Crippen molar-refractivity contribution in [3.63, 3.8) is 0 Å². The van der Waals surface area contributed by atoms with Crippen molar-refractivity contribution in [2.24, 2.45) is 11.1 Å². The Bertz CT molecular complexity index is 375. The number of benzene rings is 1. The van der Waals surface area contributed by atoms with Crippen LogP contribution in [0.4, 0.5) is 5.69 Å². The molecule has 0 aromatic heterocycles. The molecule has 0 spiro atoms. The van der Waals surface area contributed by atoms with E-state index in [4.69, 9.17) is 5.73 Å². The Balaban J connectivity index is 1.91. The summed E-state index contributed by atoms with van der Waals surface area (Å²) in [6, 6.07) is 9.04. The quantitative estimate of drug-likeness (QED) is 0.835. The van der Waals surface area contributed by atoms with E-state index in [0.717, 1.165) is 12.5 Å². The van der Waals surface area contributed by atoms with E-state index in [9.17, 15) is 0 Å². The van der Waals surface area contributed by atoms with Crippen LogP contribution in [0.5, 0.6) is 0 Å². The summed E-state index contributed by atoms with van der Waals surface area (Å²) >= 11 is 0. The van der Waals surface area contributed by atoms with E-state index < -0.39 is 0 Å². The second-order valence-corrected chi connectivity index (χ2v) is 6.68. The van der Waals surface area contributed by atoms with Gasteiger partial charge in [0.2, 0.25) is 0 Å². The lowest BCUT2D eigenvalue weighted by atomic mass is 9.84. The predicted octanol–water partition coefficient (Wildman–Crippen LogP) is 4.13. The van der Waals surface area contributed by atoms with Gasteiger partial charge in [-0.1, -0.05) is 45.2 Å². The Hall–Kier alpha value is -1.02. The minimum Gasteiger partial charge on any atom is -0.384 e. The highest BCUT2D eigenvalue weighted by Crippen LogP contribution is 2.33. The maximum Gasteiger partial charge on any atom is 0.0340 e. The van der Waals surface area contributed by atoms with Crippen LogP contribution in [0.3, 0.4) is 0 Å². The minimum absolute atomic E-state index is 0.155. The van der Waals surface area contributed by atoms with Crippen molar-refractivity contribution in [2.45, 2.75) is 51.9 Å². The second kappa shape index (κ2) is 6.42. The van der Waals surface area contributed by atoms with Gasteiger partial charge in [0.15, 0.2) is 0 Å². The van der Waals surface area contributed by atoms with E-state index >= 15 is 0 Å². The van der Waals surface area contributed by atoms with E-state index in [1.54, 1.807) is 0 Å². The maximum atomic E-state index is 5.75. The highest BCUT2D eigenvalue weighted by Gasteiger charge is 2.16. The Labute approximate surface area is 117 Å². The molecule has 2 nitrogen and oxygen atoms in total. The molecule has 0 unspecified atom stereocenters. The van der Waals surface area contributed by atoms with Gasteiger partial charge in [-0.05, 0) is 48.4 Å². The predicted molar refractivity (Wildman–Crippen MR) is 83.6 cm³/mol. The zero-order valence-corrected chi connectivity index (χ0v) is 12.4. The summed E-state index contributed by atoms with van der Waals surface area (Å²) in [6.07, 6.45) is 6.95. The summed E-state index contributed by atoms with van der Waals surface area (Å²) in [6.45, 7) is 6.01. The summed E-state index contributed by atoms with van der Waals surface area (Å²) in [7, 11) is 0. The average molecular weight is 260 g/mol. The van der Waals surface area contributed by atoms with Gasteiger partial charge in [0.1, 0.15) is 0 Å². The van der Waals surface area contributed by atoms with Gasteiger partial charge in [-0.2, -0.15) is 0 Å². The molecule has 0 saturated heterocycles. The van der Waals surface area contributed by atoms with E-state index in [-0.39, 0.29) is 5.41 Å². The van der Waals surface area contributed by atoms with Crippen molar-refractivity contribution >= 4 is 5.69 Å². The first-order valence-electron chi connectivity index (χ1n) is 7.65. The fraction of sp³-hybridized carbons (Fsp3) is 0.647. The van der Waals surface area contributed by atoms with Crippen LogP contribution in [0, 0.1) is 5.41 Å². The maximum absolute atomic E-state index is 5.75. The molecule has 1 aromatic rings. The first-order valence-corrected chi connectivity index (χ1v) is 7.65. The van der Waals surface area contributed by atoms with Crippen LogP contribution in [-0.4, -0.2) is 13.1 Å². The van der Waals surface area contributed by atoms with Gasteiger partial charge >= 0.3 is 0 Å². The standard InChI is InChI=1S/C17H28N2/c1-17(2,12-18)13-19-16-10-8-15(9-11-16)14-6-4-3-5-7-14/h8-11,14,19H,3-7,12-13,18H2,1-2H3. The van der Waals surface area contributed by atoms with Crippen molar-refractivity contribution in [1.29, 1.82) is 0 Å². The van der Waals surface area contributed by atoms with Crippen molar-refractivity contribution in [1.82, 2.24) is 0 Å². The number of hydrogen-bond donors (Lipinski definition) is 2. The van der Waals surface area contributed by atoms with Crippen LogP contribution in [-0.2, 0) is 0 Å². The largest absolute Gasteiger partial charge is 0.384 e. The molecule has 1 fully saturated rings. The molecular weight excluding hydrogens is 232 g/mol. The number of rotatable bonds is 5. The smallest absolute Gasteiger partial charge is 0.0340 e. The van der Waals surface area contributed by atoms with Gasteiger partial charge in [-0.15, -0.1) is 0 Å². The van der Waals surface area contributed by atoms with Crippen LogP contribution in [0.25, 0.3) is 0 Å². The summed E-state index contributed by atoms with van der Waals surface area (Å²) in [4.78, 5) is 0. The molecule has 3 N–H and O–H groups in total. The Kier molecular flexibility index (Phi) is 4.87. The fourth-order valence-electron chi connectivity index (χ4n) is 2.72. The van der Waals surface area contributed by atoms with Gasteiger partial charge < -0.3 is 11.1 Å². The summed E-state index contributed by atoms with van der Waals surface area (Å²) in [5, 5.41) is 3.49. The number of nitrogens with two attached hydrogens (primary N) is 1. The topological polar surface area (TPSA) is 38.0 Å². The summed E-state index contributed by atoms with van der Waals surface area (Å²) < 4.78 is 0. The molecule has 1 aliphatic rings. The fourth-order valence-corrected chi connectivity index (χ4v) is 2.72. The van der Waals surface area contributed by atoms with Crippen LogP contribution in [0.1, 0.15) is 57.4 Å². The lowest BCUT2D eigenvalue weighted by molar-refractivity contribution is 0.405. The molecule has 0 bridgehead atoms. The first-order chi connectivity index (χ1) is 9.11. The van der Waals surface area contributed by atoms with Gasteiger partial charge in [0, 0.05) is 12.2 Å². The van der Waals surface area contributed by atoms with E-state index in [1.165, 1.54) is 43.4 Å². The van der Waals surface area contributed by atoms with E-state index in [2.05, 4.69) is 43.4 Å². The second-order valence-electron chi connectivity index (χ2n) is 6.68. The SMILES string of the molecule is CC(C)(CN)CNc1ccc(C2CCCCC2)cc1. The highest BCUT2D eigenvalue weighted by atomic mass is 14.9. The molecule has 0 amide bonds. The van der Waals surface area contributed by atoms with Gasteiger partial charge in [0.25, 0.3) is 0 Å². The zero-order chi connectivity index (χ0) is 13.7. The van der Waals surface area contributed by atoms with Crippen molar-refractivity contribution < 1.29 is 0 Å². The average Bonchev–Trinajstić information content (AvgIpc) is 2.47. The molecule has 0 radical (unpaired) electrons. The highest BCUT2D eigenvalue weighted by molar-refractivity contribution is 5.45. The van der Waals surface area contributed by atoms with E-state index in [1.807, 2.05) is 0 Å². The third kappa shape index (κ3) is 4.24. The molecule has 0 atom stereocenters. The molecule has 1 aromatic carbocycles.